The number of anilines is 1. The van der Waals surface area contributed by atoms with Gasteiger partial charge in [0.25, 0.3) is 0 Å². The van der Waals surface area contributed by atoms with Crippen molar-refractivity contribution in [2.45, 2.75) is 24.8 Å². The van der Waals surface area contributed by atoms with Crippen LogP contribution in [0, 0.1) is 12.7 Å². The second kappa shape index (κ2) is 7.62. The molecule has 0 saturated heterocycles. The van der Waals surface area contributed by atoms with E-state index in [9.17, 15) is 17.6 Å². The topological polar surface area (TPSA) is 84.5 Å². The van der Waals surface area contributed by atoms with Crippen LogP contribution in [0.2, 0.25) is 0 Å². The number of carbonyl (C=O) groups excluding carboxylic acids is 1. The molecule has 2 aromatic rings. The lowest BCUT2D eigenvalue weighted by atomic mass is 10.2. The molecular formula is C17H19FN2O4S. The van der Waals surface area contributed by atoms with E-state index in [0.29, 0.717) is 11.3 Å². The standard InChI is InChI=1S/C17H19FN2O4S/c1-11-4-5-13(10-16(11)18)19-17(21)12(2)20-25(22,23)15-8-6-14(24-3)7-9-15/h4-10,12,20H,1-3H3,(H,19,21)/t12-/m0/s1. The molecular weight excluding hydrogens is 347 g/mol. The molecule has 0 fully saturated rings. The minimum Gasteiger partial charge on any atom is -0.497 e. The molecule has 0 aliphatic carbocycles. The summed E-state index contributed by atoms with van der Waals surface area (Å²) in [5.74, 6) is -0.532. The number of benzene rings is 2. The molecule has 8 heteroatoms. The number of methoxy groups -OCH3 is 1. The van der Waals surface area contributed by atoms with Gasteiger partial charge in [-0.1, -0.05) is 6.07 Å². The van der Waals surface area contributed by atoms with Crippen molar-refractivity contribution in [3.05, 3.63) is 53.8 Å². The van der Waals surface area contributed by atoms with Gasteiger partial charge in [-0.3, -0.25) is 4.79 Å². The number of sulfonamides is 1. The first-order chi connectivity index (χ1) is 11.7. The van der Waals surface area contributed by atoms with Gasteiger partial charge in [-0.05, 0) is 55.8 Å². The van der Waals surface area contributed by atoms with Crippen molar-refractivity contribution in [1.29, 1.82) is 0 Å². The highest BCUT2D eigenvalue weighted by molar-refractivity contribution is 7.89. The van der Waals surface area contributed by atoms with Gasteiger partial charge < -0.3 is 10.1 Å². The Morgan fingerprint density at radius 2 is 1.80 bits per heavy atom. The van der Waals surface area contributed by atoms with E-state index in [4.69, 9.17) is 4.74 Å². The molecule has 0 aliphatic rings. The summed E-state index contributed by atoms with van der Waals surface area (Å²) in [5.41, 5.74) is 0.704. The van der Waals surface area contributed by atoms with E-state index in [1.54, 1.807) is 13.0 Å². The SMILES string of the molecule is COc1ccc(S(=O)(=O)N[C@@H](C)C(=O)Nc2ccc(C)c(F)c2)cc1. The molecule has 2 N–H and O–H groups in total. The largest absolute Gasteiger partial charge is 0.497 e. The molecule has 6 nitrogen and oxygen atoms in total. The van der Waals surface area contributed by atoms with Gasteiger partial charge in [0.2, 0.25) is 15.9 Å². The van der Waals surface area contributed by atoms with Crippen molar-refractivity contribution in [1.82, 2.24) is 4.72 Å². The number of hydrogen-bond acceptors (Lipinski definition) is 4. The van der Waals surface area contributed by atoms with Gasteiger partial charge in [-0.25, -0.2) is 12.8 Å². The van der Waals surface area contributed by atoms with E-state index in [1.807, 2.05) is 0 Å². The summed E-state index contributed by atoms with van der Waals surface area (Å²) in [5, 5.41) is 2.48. The third-order valence-electron chi connectivity index (χ3n) is 3.53. The third-order valence-corrected chi connectivity index (χ3v) is 5.09. The second-order valence-electron chi connectivity index (χ2n) is 5.47. The fourth-order valence-electron chi connectivity index (χ4n) is 2.03. The molecule has 2 rings (SSSR count). The second-order valence-corrected chi connectivity index (χ2v) is 7.19. The van der Waals surface area contributed by atoms with Crippen molar-refractivity contribution < 1.29 is 22.3 Å². The van der Waals surface area contributed by atoms with Gasteiger partial charge in [0.1, 0.15) is 11.6 Å². The molecule has 1 amide bonds. The lowest BCUT2D eigenvalue weighted by Crippen LogP contribution is -2.41. The quantitative estimate of drug-likeness (QED) is 0.822. The zero-order valence-electron chi connectivity index (χ0n) is 14.0. The first-order valence-corrected chi connectivity index (χ1v) is 8.94. The van der Waals surface area contributed by atoms with Gasteiger partial charge in [0.15, 0.2) is 0 Å². The first-order valence-electron chi connectivity index (χ1n) is 7.46. The highest BCUT2D eigenvalue weighted by Gasteiger charge is 2.22. The Balaban J connectivity index is 2.07. The average molecular weight is 366 g/mol. The predicted molar refractivity (Wildman–Crippen MR) is 92.5 cm³/mol. The molecule has 0 aliphatic heterocycles. The van der Waals surface area contributed by atoms with Gasteiger partial charge in [0.05, 0.1) is 18.0 Å². The van der Waals surface area contributed by atoms with Gasteiger partial charge in [0, 0.05) is 5.69 Å². The van der Waals surface area contributed by atoms with E-state index >= 15 is 0 Å². The molecule has 1 atom stereocenters. The molecule has 0 saturated carbocycles. The smallest absolute Gasteiger partial charge is 0.242 e. The molecule has 0 aromatic heterocycles. The summed E-state index contributed by atoms with van der Waals surface area (Å²) in [6, 6.07) is 8.97. The van der Waals surface area contributed by atoms with E-state index in [1.165, 1.54) is 50.4 Å². The normalized spacial score (nSPS) is 12.5. The summed E-state index contributed by atoms with van der Waals surface area (Å²) in [7, 11) is -2.40. The lowest BCUT2D eigenvalue weighted by Gasteiger charge is -2.15. The van der Waals surface area contributed by atoms with Crippen molar-refractivity contribution in [2.75, 3.05) is 12.4 Å². The van der Waals surface area contributed by atoms with Crippen LogP contribution >= 0.6 is 0 Å². The van der Waals surface area contributed by atoms with Gasteiger partial charge in [-0.2, -0.15) is 4.72 Å². The molecule has 0 heterocycles. The summed E-state index contributed by atoms with van der Waals surface area (Å²) >= 11 is 0. The van der Waals surface area contributed by atoms with Crippen LogP contribution in [0.25, 0.3) is 0 Å². The third kappa shape index (κ3) is 4.77. The van der Waals surface area contributed by atoms with Crippen LogP contribution < -0.4 is 14.8 Å². The Labute approximate surface area is 146 Å². The van der Waals surface area contributed by atoms with Crippen molar-refractivity contribution in [2.24, 2.45) is 0 Å². The summed E-state index contributed by atoms with van der Waals surface area (Å²) in [4.78, 5) is 12.1. The number of ether oxygens (including phenoxy) is 1. The molecule has 134 valence electrons. The Morgan fingerprint density at radius 1 is 1.16 bits per heavy atom. The summed E-state index contributed by atoms with van der Waals surface area (Å²) < 4.78 is 45.4. The monoisotopic (exact) mass is 366 g/mol. The number of carbonyl (C=O) groups is 1. The maximum Gasteiger partial charge on any atom is 0.242 e. The zero-order valence-corrected chi connectivity index (χ0v) is 14.9. The van der Waals surface area contributed by atoms with Crippen LogP contribution in [0.5, 0.6) is 5.75 Å². The fraction of sp³-hybridized carbons (Fsp3) is 0.235. The summed E-state index contributed by atoms with van der Waals surface area (Å²) in [6.07, 6.45) is 0. The number of nitrogens with one attached hydrogen (secondary N) is 2. The van der Waals surface area contributed by atoms with E-state index in [-0.39, 0.29) is 10.6 Å². The van der Waals surface area contributed by atoms with E-state index < -0.39 is 27.8 Å². The Bertz CT molecular complexity index is 867. The maximum absolute atomic E-state index is 13.5. The molecule has 0 spiro atoms. The van der Waals surface area contributed by atoms with Crippen LogP contribution in [-0.2, 0) is 14.8 Å². The first kappa shape index (κ1) is 18.9. The Kier molecular flexibility index (Phi) is 5.76. The number of halogens is 1. The Hall–Kier alpha value is -2.45. The Morgan fingerprint density at radius 3 is 2.36 bits per heavy atom. The maximum atomic E-state index is 13.5. The number of aryl methyl sites for hydroxylation is 1. The van der Waals surface area contributed by atoms with Gasteiger partial charge in [-0.15, -0.1) is 0 Å². The van der Waals surface area contributed by atoms with E-state index in [0.717, 1.165) is 0 Å². The zero-order chi connectivity index (χ0) is 18.6. The number of hydrogen-bond donors (Lipinski definition) is 2. The number of rotatable bonds is 6. The molecule has 0 radical (unpaired) electrons. The van der Waals surface area contributed by atoms with Crippen molar-refractivity contribution >= 4 is 21.6 Å². The van der Waals surface area contributed by atoms with Gasteiger partial charge >= 0.3 is 0 Å². The van der Waals surface area contributed by atoms with Crippen LogP contribution in [0.1, 0.15) is 12.5 Å². The predicted octanol–water partition coefficient (Wildman–Crippen LogP) is 2.45. The minimum atomic E-state index is -3.88. The molecule has 25 heavy (non-hydrogen) atoms. The highest BCUT2D eigenvalue weighted by atomic mass is 32.2. The molecule has 2 aromatic carbocycles. The molecule has 0 bridgehead atoms. The highest BCUT2D eigenvalue weighted by Crippen LogP contribution is 2.16. The van der Waals surface area contributed by atoms with Crippen LogP contribution in [0.4, 0.5) is 10.1 Å². The van der Waals surface area contributed by atoms with Crippen molar-refractivity contribution in [3.8, 4) is 5.75 Å². The molecule has 0 unspecified atom stereocenters. The number of amides is 1. The summed E-state index contributed by atoms with van der Waals surface area (Å²) in [6.45, 7) is 3.01. The van der Waals surface area contributed by atoms with Crippen LogP contribution in [-0.4, -0.2) is 27.5 Å². The lowest BCUT2D eigenvalue weighted by molar-refractivity contribution is -0.117. The van der Waals surface area contributed by atoms with Crippen LogP contribution in [0.15, 0.2) is 47.4 Å². The van der Waals surface area contributed by atoms with Crippen molar-refractivity contribution in [3.63, 3.8) is 0 Å². The fourth-order valence-corrected chi connectivity index (χ4v) is 3.23. The average Bonchev–Trinajstić information content (AvgIpc) is 2.57. The van der Waals surface area contributed by atoms with E-state index in [2.05, 4.69) is 10.0 Å². The minimum absolute atomic E-state index is 0.00864. The van der Waals surface area contributed by atoms with Crippen LogP contribution in [0.3, 0.4) is 0 Å².